The zero-order valence-corrected chi connectivity index (χ0v) is 16.4. The molecule has 0 bridgehead atoms. The average Bonchev–Trinajstić information content (AvgIpc) is 3.18. The fraction of sp³-hybridized carbons (Fsp3) is 0.733. The molecule has 2 aliphatic rings. The van der Waals surface area contributed by atoms with Crippen LogP contribution in [0.15, 0.2) is 0 Å². The highest BCUT2D eigenvalue weighted by Gasteiger charge is 2.27. The third-order valence-electron chi connectivity index (χ3n) is 4.51. The number of carbonyl (C=O) groups excluding carboxylic acids is 1. The lowest BCUT2D eigenvalue weighted by Gasteiger charge is -2.33. The molecule has 3 heterocycles. The van der Waals surface area contributed by atoms with E-state index >= 15 is 0 Å². The Kier molecular flexibility index (Phi) is 6.06. The summed E-state index contributed by atoms with van der Waals surface area (Å²) >= 11 is 6.13. The normalized spacial score (nSPS) is 18.5. The molecular formula is C15H24ClN5O4S. The SMILES string of the molecule is CCCS(=O)(=O)N1CCN(CCNC(=O)c2nn3c(c2Cl)OCC3)CC1. The second-order valence-corrected chi connectivity index (χ2v) is 8.82. The number of nitrogens with one attached hydrogen (secondary N) is 1. The number of ether oxygens (including phenoxy) is 1. The molecule has 1 fully saturated rings. The van der Waals surface area contributed by atoms with Gasteiger partial charge >= 0.3 is 0 Å². The maximum atomic E-state index is 12.2. The van der Waals surface area contributed by atoms with Crippen molar-refractivity contribution in [1.82, 2.24) is 24.3 Å². The van der Waals surface area contributed by atoms with Gasteiger partial charge in [-0.25, -0.2) is 13.1 Å². The summed E-state index contributed by atoms with van der Waals surface area (Å²) in [6.45, 7) is 6.37. The predicted octanol–water partition coefficient (Wildman–Crippen LogP) is 0.0161. The summed E-state index contributed by atoms with van der Waals surface area (Å²) in [7, 11) is -3.13. The van der Waals surface area contributed by atoms with Crippen molar-refractivity contribution in [3.05, 3.63) is 10.7 Å². The van der Waals surface area contributed by atoms with Crippen molar-refractivity contribution in [2.24, 2.45) is 0 Å². The Morgan fingerprint density at radius 2 is 2.00 bits per heavy atom. The minimum atomic E-state index is -3.13. The number of hydrogen-bond donors (Lipinski definition) is 1. The third-order valence-corrected chi connectivity index (χ3v) is 6.92. The van der Waals surface area contributed by atoms with E-state index in [1.54, 1.807) is 8.99 Å². The second-order valence-electron chi connectivity index (χ2n) is 6.35. The zero-order valence-electron chi connectivity index (χ0n) is 14.8. The van der Waals surface area contributed by atoms with Gasteiger partial charge in [0.25, 0.3) is 5.91 Å². The van der Waals surface area contributed by atoms with Crippen LogP contribution in [0.3, 0.4) is 0 Å². The number of piperazine rings is 1. The maximum absolute atomic E-state index is 12.2. The molecule has 1 N–H and O–H groups in total. The van der Waals surface area contributed by atoms with E-state index in [2.05, 4.69) is 15.3 Å². The summed E-state index contributed by atoms with van der Waals surface area (Å²) in [6.07, 6.45) is 0.625. The fourth-order valence-corrected chi connectivity index (χ4v) is 4.89. The van der Waals surface area contributed by atoms with Gasteiger partial charge in [-0.2, -0.15) is 9.40 Å². The Morgan fingerprint density at radius 1 is 1.27 bits per heavy atom. The highest BCUT2D eigenvalue weighted by Crippen LogP contribution is 2.31. The lowest BCUT2D eigenvalue weighted by Crippen LogP contribution is -2.50. The van der Waals surface area contributed by atoms with Crippen molar-refractivity contribution in [3.63, 3.8) is 0 Å². The molecule has 0 aromatic carbocycles. The smallest absolute Gasteiger partial charge is 0.273 e. The van der Waals surface area contributed by atoms with Crippen LogP contribution in [0.2, 0.25) is 5.02 Å². The van der Waals surface area contributed by atoms with Gasteiger partial charge in [-0.05, 0) is 6.42 Å². The molecule has 1 saturated heterocycles. The minimum Gasteiger partial charge on any atom is -0.475 e. The summed E-state index contributed by atoms with van der Waals surface area (Å²) in [5, 5.41) is 7.23. The number of sulfonamides is 1. The van der Waals surface area contributed by atoms with E-state index in [0.29, 0.717) is 64.7 Å². The third kappa shape index (κ3) is 4.13. The van der Waals surface area contributed by atoms with Gasteiger partial charge < -0.3 is 10.1 Å². The van der Waals surface area contributed by atoms with Crippen LogP contribution in [0.25, 0.3) is 0 Å². The van der Waals surface area contributed by atoms with Crippen molar-refractivity contribution in [2.75, 3.05) is 51.6 Å². The molecule has 0 atom stereocenters. The molecule has 9 nitrogen and oxygen atoms in total. The van der Waals surface area contributed by atoms with Gasteiger partial charge in [0.1, 0.15) is 11.6 Å². The summed E-state index contributed by atoms with van der Waals surface area (Å²) in [6, 6.07) is 0. The molecule has 0 saturated carbocycles. The van der Waals surface area contributed by atoms with E-state index in [0.717, 1.165) is 0 Å². The van der Waals surface area contributed by atoms with Gasteiger partial charge in [0.15, 0.2) is 5.69 Å². The number of hydrogen-bond acceptors (Lipinski definition) is 6. The van der Waals surface area contributed by atoms with Crippen LogP contribution >= 0.6 is 11.6 Å². The van der Waals surface area contributed by atoms with Crippen LogP contribution in [-0.4, -0.2) is 84.9 Å². The van der Waals surface area contributed by atoms with E-state index in [1.165, 1.54) is 0 Å². The van der Waals surface area contributed by atoms with Crippen molar-refractivity contribution in [3.8, 4) is 5.88 Å². The second kappa shape index (κ2) is 8.12. The van der Waals surface area contributed by atoms with Crippen molar-refractivity contribution in [1.29, 1.82) is 0 Å². The maximum Gasteiger partial charge on any atom is 0.273 e. The molecule has 0 unspecified atom stereocenters. The first-order valence-corrected chi connectivity index (χ1v) is 10.8. The van der Waals surface area contributed by atoms with Crippen LogP contribution < -0.4 is 10.1 Å². The lowest BCUT2D eigenvalue weighted by atomic mass is 10.3. The van der Waals surface area contributed by atoms with E-state index in [1.807, 2.05) is 6.92 Å². The number of halogens is 1. The van der Waals surface area contributed by atoms with Crippen LogP contribution in [0, 0.1) is 0 Å². The summed E-state index contributed by atoms with van der Waals surface area (Å²) in [4.78, 5) is 14.4. The standard InChI is InChI=1S/C15H24ClN5O4S/c1-2-11-26(23,24)20-7-5-19(6-8-20)4-3-17-14(22)13-12(16)15-21(18-13)9-10-25-15/h2-11H2,1H3,(H,17,22). The van der Waals surface area contributed by atoms with Crippen LogP contribution in [0.1, 0.15) is 23.8 Å². The van der Waals surface area contributed by atoms with E-state index in [9.17, 15) is 13.2 Å². The quantitative estimate of drug-likeness (QED) is 0.686. The monoisotopic (exact) mass is 405 g/mol. The van der Waals surface area contributed by atoms with Crippen molar-refractivity contribution < 1.29 is 17.9 Å². The Labute approximate surface area is 158 Å². The molecule has 3 rings (SSSR count). The topological polar surface area (TPSA) is 96.8 Å². The molecule has 2 aliphatic heterocycles. The first kappa shape index (κ1) is 19.4. The molecule has 26 heavy (non-hydrogen) atoms. The van der Waals surface area contributed by atoms with E-state index < -0.39 is 10.0 Å². The number of fused-ring (bicyclic) bond motifs is 1. The zero-order chi connectivity index (χ0) is 18.7. The molecule has 146 valence electrons. The Bertz CT molecular complexity index is 758. The van der Waals surface area contributed by atoms with Crippen LogP contribution in [0.4, 0.5) is 0 Å². The highest BCUT2D eigenvalue weighted by molar-refractivity contribution is 7.89. The van der Waals surface area contributed by atoms with Gasteiger partial charge in [0.05, 0.1) is 12.3 Å². The van der Waals surface area contributed by atoms with Crippen molar-refractivity contribution >= 4 is 27.5 Å². The number of rotatable bonds is 7. The van der Waals surface area contributed by atoms with Crippen molar-refractivity contribution in [2.45, 2.75) is 19.9 Å². The van der Waals surface area contributed by atoms with Crippen LogP contribution in [0.5, 0.6) is 5.88 Å². The van der Waals surface area contributed by atoms with Gasteiger partial charge in [0.2, 0.25) is 15.9 Å². The molecule has 0 radical (unpaired) electrons. The lowest BCUT2D eigenvalue weighted by molar-refractivity contribution is 0.0939. The molecule has 11 heteroatoms. The van der Waals surface area contributed by atoms with E-state index in [4.69, 9.17) is 16.3 Å². The fourth-order valence-electron chi connectivity index (χ4n) is 3.12. The number of nitrogens with zero attached hydrogens (tertiary/aromatic N) is 4. The largest absolute Gasteiger partial charge is 0.475 e. The highest BCUT2D eigenvalue weighted by atomic mass is 35.5. The Hall–Kier alpha value is -1.36. The number of aromatic nitrogens is 2. The summed E-state index contributed by atoms with van der Waals surface area (Å²) in [5.41, 5.74) is 0.178. The minimum absolute atomic E-state index is 0.178. The van der Waals surface area contributed by atoms with Gasteiger partial charge in [-0.3, -0.25) is 9.69 Å². The molecule has 0 aliphatic carbocycles. The Morgan fingerprint density at radius 3 is 2.65 bits per heavy atom. The average molecular weight is 406 g/mol. The van der Waals surface area contributed by atoms with Gasteiger partial charge in [-0.15, -0.1) is 0 Å². The Balaban J connectivity index is 1.43. The molecule has 1 aromatic rings. The van der Waals surface area contributed by atoms with E-state index in [-0.39, 0.29) is 22.4 Å². The summed E-state index contributed by atoms with van der Waals surface area (Å²) in [5.74, 6) is 0.313. The van der Waals surface area contributed by atoms with Gasteiger partial charge in [0, 0.05) is 39.3 Å². The summed E-state index contributed by atoms with van der Waals surface area (Å²) < 4.78 is 32.6. The van der Waals surface area contributed by atoms with Gasteiger partial charge in [-0.1, -0.05) is 18.5 Å². The first-order valence-electron chi connectivity index (χ1n) is 8.80. The molecule has 1 aromatic heterocycles. The molecule has 0 spiro atoms. The number of carbonyl (C=O) groups is 1. The van der Waals surface area contributed by atoms with Crippen LogP contribution in [-0.2, 0) is 16.6 Å². The first-order chi connectivity index (χ1) is 12.4. The predicted molar refractivity (Wildman–Crippen MR) is 97.2 cm³/mol. The molecule has 1 amide bonds. The molecular weight excluding hydrogens is 382 g/mol. The number of amides is 1.